The minimum Gasteiger partial charge on any atom is -0.370 e. The van der Waals surface area contributed by atoms with Crippen LogP contribution >= 0.6 is 0 Å². The minimum absolute atomic E-state index is 0.00869. The molecule has 0 unspecified atom stereocenters. The number of carbonyl (C=O) groups is 10. The maximum atomic E-state index is 14.6. The van der Waals surface area contributed by atoms with Crippen LogP contribution in [0.3, 0.4) is 0 Å². The molecule has 1 aliphatic rings. The summed E-state index contributed by atoms with van der Waals surface area (Å²) < 4.78 is 0. The van der Waals surface area contributed by atoms with Crippen molar-refractivity contribution >= 4 is 70.0 Å². The third kappa shape index (κ3) is 18.0. The second kappa shape index (κ2) is 29.5. The van der Waals surface area contributed by atoms with Gasteiger partial charge in [0.05, 0.1) is 12.4 Å². The van der Waals surface area contributed by atoms with Crippen molar-refractivity contribution in [3.8, 4) is 0 Å². The molecule has 1 fully saturated rings. The molecule has 15 N–H and O–H groups in total. The van der Waals surface area contributed by atoms with Gasteiger partial charge in [0, 0.05) is 66.4 Å². The van der Waals surface area contributed by atoms with E-state index >= 15 is 0 Å². The summed E-state index contributed by atoms with van der Waals surface area (Å²) in [4.78, 5) is 149. The third-order valence-electron chi connectivity index (χ3n) is 14.0. The number of aromatic nitrogens is 3. The molecule has 0 spiro atoms. The molecule has 3 aromatic carbocycles. The van der Waals surface area contributed by atoms with Crippen molar-refractivity contribution in [2.75, 3.05) is 6.54 Å². The first kappa shape index (κ1) is 62.3. The number of nitrogens with two attached hydrogens (primary N) is 3. The molecule has 3 heterocycles. The summed E-state index contributed by atoms with van der Waals surface area (Å²) in [6.45, 7) is 8.69. The fourth-order valence-corrected chi connectivity index (χ4v) is 9.72. The van der Waals surface area contributed by atoms with E-state index in [2.05, 4.69) is 52.2 Å². The van der Waals surface area contributed by atoms with E-state index in [-0.39, 0.29) is 75.3 Å². The van der Waals surface area contributed by atoms with Crippen LogP contribution in [-0.2, 0) is 62.4 Å². The van der Waals surface area contributed by atoms with Crippen molar-refractivity contribution < 1.29 is 47.9 Å². The maximum Gasteiger partial charge on any atom is 0.254 e. The fraction of sp³-hybridized carbons (Fsp3) is 0.431. The molecule has 9 atom stereocenters. The molecule has 2 aromatic heterocycles. The van der Waals surface area contributed by atoms with Gasteiger partial charge in [0.15, 0.2) is 0 Å². The van der Waals surface area contributed by atoms with E-state index < -0.39 is 113 Å². The van der Waals surface area contributed by atoms with E-state index in [0.29, 0.717) is 11.3 Å². The molecule has 0 radical (unpaired) electrons. The van der Waals surface area contributed by atoms with Gasteiger partial charge in [-0.15, -0.1) is 0 Å². The first-order valence-electron chi connectivity index (χ1n) is 27.4. The van der Waals surface area contributed by atoms with Gasteiger partial charge in [-0.05, 0) is 80.2 Å². The number of rotatable bonds is 29. The monoisotopic (exact) mass is 1130 g/mol. The highest BCUT2D eigenvalue weighted by atomic mass is 16.2. The van der Waals surface area contributed by atoms with Crippen molar-refractivity contribution in [3.63, 3.8) is 0 Å². The van der Waals surface area contributed by atoms with Crippen molar-refractivity contribution in [2.45, 2.75) is 140 Å². The molecule has 1 aliphatic heterocycles. The highest BCUT2D eigenvalue weighted by Gasteiger charge is 2.43. The molecular formula is C58H76N14O10. The average molecular weight is 1130 g/mol. The van der Waals surface area contributed by atoms with E-state index in [0.717, 1.165) is 16.5 Å². The molecule has 24 nitrogen and oxygen atoms in total. The number of carbonyl (C=O) groups excluding carboxylic acids is 10. The summed E-state index contributed by atoms with van der Waals surface area (Å²) in [5.41, 5.74) is 20.2. The Labute approximate surface area is 475 Å². The average Bonchev–Trinajstić information content (AvgIpc) is 4.35. The summed E-state index contributed by atoms with van der Waals surface area (Å²) in [5.74, 6) is -7.25. The van der Waals surface area contributed by atoms with Gasteiger partial charge in [-0.3, -0.25) is 47.9 Å². The zero-order valence-electron chi connectivity index (χ0n) is 46.7. The smallest absolute Gasteiger partial charge is 0.254 e. The molecule has 438 valence electrons. The lowest BCUT2D eigenvalue weighted by molar-refractivity contribution is -0.134. The summed E-state index contributed by atoms with van der Waals surface area (Å²) in [7, 11) is 0. The molecule has 82 heavy (non-hydrogen) atoms. The fourth-order valence-electron chi connectivity index (χ4n) is 9.72. The zero-order chi connectivity index (χ0) is 59.6. The number of aromatic amines is 2. The lowest BCUT2D eigenvalue weighted by Crippen LogP contribution is -2.58. The first-order chi connectivity index (χ1) is 39.1. The van der Waals surface area contributed by atoms with Gasteiger partial charge in [0.1, 0.15) is 42.3 Å². The molecule has 5 aromatic rings. The lowest BCUT2D eigenvalue weighted by atomic mass is 9.99. The normalized spacial score (nSPS) is 16.6. The number of primary amides is 2. The third-order valence-corrected chi connectivity index (χ3v) is 14.0. The molecule has 6 rings (SSSR count). The Hall–Kier alpha value is -8.93. The summed E-state index contributed by atoms with van der Waals surface area (Å²) in [6.07, 6.45) is 4.27. The standard InChI is InChI=1S/C58H76N14O10/c1-32(2)22-44(50(61)74)68-55(79)45(23-33(3)4)69-56(80)47(26-38-29-62-31-64-38)71-57(81)48-27-39(30-72(48)58(82)36-16-10-7-11-17-36)66-51(75)34(5)65-54(78)46(25-37-28-63-42-19-13-12-18-40(37)42)70-53(77)43(20-21-49(60)73)67-52(76)41(59)24-35-14-8-6-9-15-35/h6-19,28-29,31-34,39,41,43-48,63H,20-27,30,59H2,1-5H3,(H2,60,73)(H2,61,74)(H,62,64)(H,65,78)(H,66,75)(H,67,76)(H,68,79)(H,69,80)(H,70,77)(H,71,81)/t34-,39-,41+,43-,44-,45-,46-,47-,48-/m0/s1. The van der Waals surface area contributed by atoms with Crippen LogP contribution in [0.1, 0.15) is 93.9 Å². The van der Waals surface area contributed by atoms with Crippen LogP contribution in [0.5, 0.6) is 0 Å². The Morgan fingerprint density at radius 2 is 1.20 bits per heavy atom. The molecule has 24 heteroatoms. The van der Waals surface area contributed by atoms with E-state index in [4.69, 9.17) is 17.2 Å². The van der Waals surface area contributed by atoms with Gasteiger partial charge in [0.2, 0.25) is 53.2 Å². The van der Waals surface area contributed by atoms with Crippen LogP contribution in [0, 0.1) is 11.8 Å². The number of fused-ring (bicyclic) bond motifs is 1. The number of nitrogens with one attached hydrogen (secondary N) is 9. The number of hydrogen-bond donors (Lipinski definition) is 12. The van der Waals surface area contributed by atoms with Crippen molar-refractivity contribution in [3.05, 3.63) is 126 Å². The summed E-state index contributed by atoms with van der Waals surface area (Å²) in [5, 5.41) is 19.9. The van der Waals surface area contributed by atoms with Crippen LogP contribution in [0.25, 0.3) is 10.9 Å². The number of hydrogen-bond acceptors (Lipinski definition) is 12. The second-order valence-corrected chi connectivity index (χ2v) is 21.6. The topological polar surface area (TPSA) is 381 Å². The molecule has 0 bridgehead atoms. The minimum atomic E-state index is -1.36. The number of H-pyrrole nitrogens is 2. The quantitative estimate of drug-likeness (QED) is 0.0310. The molecular weight excluding hydrogens is 1050 g/mol. The predicted octanol–water partition coefficient (Wildman–Crippen LogP) is 0.417. The predicted molar refractivity (Wildman–Crippen MR) is 304 cm³/mol. The van der Waals surface area contributed by atoms with E-state index in [1.165, 1.54) is 24.3 Å². The molecule has 10 amide bonds. The highest BCUT2D eigenvalue weighted by Crippen LogP contribution is 2.23. The van der Waals surface area contributed by atoms with Crippen LogP contribution in [0.15, 0.2) is 104 Å². The van der Waals surface area contributed by atoms with E-state index in [1.54, 1.807) is 66.9 Å². The van der Waals surface area contributed by atoms with Gasteiger partial charge in [-0.1, -0.05) is 94.4 Å². The van der Waals surface area contributed by atoms with Crippen LogP contribution in [-0.4, -0.2) is 140 Å². The largest absolute Gasteiger partial charge is 0.370 e. The van der Waals surface area contributed by atoms with Crippen molar-refractivity contribution in [1.82, 2.24) is 57.1 Å². The number of nitrogens with zero attached hydrogens (tertiary/aromatic N) is 2. The molecule has 0 aliphatic carbocycles. The summed E-state index contributed by atoms with van der Waals surface area (Å²) >= 11 is 0. The Balaban J connectivity index is 1.20. The van der Waals surface area contributed by atoms with Gasteiger partial charge in [-0.2, -0.15) is 0 Å². The van der Waals surface area contributed by atoms with Gasteiger partial charge < -0.3 is 69.3 Å². The Bertz CT molecular complexity index is 3020. The van der Waals surface area contributed by atoms with Crippen molar-refractivity contribution in [1.29, 1.82) is 0 Å². The Morgan fingerprint density at radius 1 is 0.622 bits per heavy atom. The van der Waals surface area contributed by atoms with E-state index in [1.807, 2.05) is 52.0 Å². The SMILES string of the molecule is CC(C)C[C@H](NC(=O)[C@H](CC(C)C)NC(=O)[C@H](Cc1cnc[nH]1)NC(=O)[C@@H]1C[C@H](NC(=O)[C@H](C)NC(=O)[C@H](Cc2c[nH]c3ccccc23)NC(=O)[C@H](CCC(N)=O)NC(=O)[C@H](N)Cc2ccccc2)CN1C(=O)c1ccccc1)C(N)=O. The van der Waals surface area contributed by atoms with Gasteiger partial charge in [0.25, 0.3) is 5.91 Å². The summed E-state index contributed by atoms with van der Waals surface area (Å²) in [6, 6.07) is 13.8. The van der Waals surface area contributed by atoms with Gasteiger partial charge >= 0.3 is 0 Å². The van der Waals surface area contributed by atoms with Crippen molar-refractivity contribution in [2.24, 2.45) is 29.0 Å². The number of benzene rings is 3. The number of para-hydroxylation sites is 1. The number of imidazole rings is 1. The first-order valence-corrected chi connectivity index (χ1v) is 27.4. The van der Waals surface area contributed by atoms with E-state index in [9.17, 15) is 47.9 Å². The second-order valence-electron chi connectivity index (χ2n) is 21.6. The molecule has 1 saturated heterocycles. The zero-order valence-corrected chi connectivity index (χ0v) is 46.7. The van der Waals surface area contributed by atoms with Gasteiger partial charge in [-0.25, -0.2) is 4.98 Å². The Morgan fingerprint density at radius 3 is 1.84 bits per heavy atom. The van der Waals surface area contributed by atoms with Crippen LogP contribution in [0.2, 0.25) is 0 Å². The number of amides is 10. The Kier molecular flexibility index (Phi) is 22.4. The number of likely N-dealkylation sites (tertiary alicyclic amines) is 1. The maximum absolute atomic E-state index is 14.6. The highest BCUT2D eigenvalue weighted by molar-refractivity contribution is 6.00. The molecule has 0 saturated carbocycles. The van der Waals surface area contributed by atoms with Crippen LogP contribution in [0.4, 0.5) is 0 Å². The lowest BCUT2D eigenvalue weighted by Gasteiger charge is -2.28. The van der Waals surface area contributed by atoms with Crippen LogP contribution < -0.4 is 54.4 Å².